The predicted octanol–water partition coefficient (Wildman–Crippen LogP) is 1.88. The molecule has 2 aliphatic heterocycles. The number of pyridine rings is 1. The number of hydrogen-bond donors (Lipinski definition) is 2. The Morgan fingerprint density at radius 1 is 1.29 bits per heavy atom. The summed E-state index contributed by atoms with van der Waals surface area (Å²) in [7, 11) is 1.59. The molecule has 1 saturated heterocycles. The Kier molecular flexibility index (Phi) is 7.09. The third-order valence-corrected chi connectivity index (χ3v) is 6.41. The van der Waals surface area contributed by atoms with Gasteiger partial charge in [0, 0.05) is 43.8 Å². The van der Waals surface area contributed by atoms with Gasteiger partial charge >= 0.3 is 6.03 Å². The van der Waals surface area contributed by atoms with Crippen molar-refractivity contribution < 1.29 is 28.6 Å². The second-order valence-corrected chi connectivity index (χ2v) is 9.21. The van der Waals surface area contributed by atoms with Crippen LogP contribution in [-0.4, -0.2) is 70.3 Å². The Balaban J connectivity index is 1.26. The van der Waals surface area contributed by atoms with Crippen molar-refractivity contribution in [3.8, 4) is 17.6 Å². The number of likely N-dealkylation sites (N-methyl/N-ethyl adjacent to an activating group) is 1. The Bertz CT molecular complexity index is 1420. The number of anilines is 1. The van der Waals surface area contributed by atoms with Crippen LogP contribution in [0.5, 0.6) is 5.75 Å². The van der Waals surface area contributed by atoms with E-state index in [4.69, 9.17) is 9.47 Å². The van der Waals surface area contributed by atoms with Crippen LogP contribution >= 0.6 is 0 Å². The molecule has 38 heavy (non-hydrogen) atoms. The summed E-state index contributed by atoms with van der Waals surface area (Å²) in [5.74, 6) is 5.43. The maximum atomic E-state index is 13.4. The molecule has 0 saturated carbocycles. The van der Waals surface area contributed by atoms with Gasteiger partial charge in [-0.05, 0) is 35.9 Å². The van der Waals surface area contributed by atoms with Crippen LogP contribution in [0.15, 0.2) is 48.8 Å². The van der Waals surface area contributed by atoms with Crippen LogP contribution in [0.25, 0.3) is 0 Å². The Morgan fingerprint density at radius 3 is 2.89 bits per heavy atom. The first-order chi connectivity index (χ1) is 18.3. The monoisotopic (exact) mass is 519 g/mol. The van der Waals surface area contributed by atoms with Crippen LogP contribution in [0.4, 0.5) is 14.9 Å². The largest absolute Gasteiger partial charge is 0.489 e. The van der Waals surface area contributed by atoms with Crippen molar-refractivity contribution in [1.29, 1.82) is 0 Å². The van der Waals surface area contributed by atoms with Gasteiger partial charge in [0.05, 0.1) is 25.1 Å². The predicted molar refractivity (Wildman–Crippen MR) is 134 cm³/mol. The van der Waals surface area contributed by atoms with Gasteiger partial charge in [-0.15, -0.1) is 0 Å². The molecule has 0 bridgehead atoms. The molecule has 2 N–H and O–H groups in total. The van der Waals surface area contributed by atoms with E-state index in [1.807, 2.05) is 0 Å². The Labute approximate surface area is 218 Å². The molecule has 3 aromatic rings. The molecule has 10 nitrogen and oxygen atoms in total. The molecule has 0 aliphatic carbocycles. The molecule has 0 radical (unpaired) electrons. The number of aliphatic hydroxyl groups is 1. The first-order valence-corrected chi connectivity index (χ1v) is 12.1. The summed E-state index contributed by atoms with van der Waals surface area (Å²) in [5.41, 5.74) is 1.18. The molecule has 1 aromatic carbocycles. The zero-order chi connectivity index (χ0) is 26.7. The summed E-state index contributed by atoms with van der Waals surface area (Å²) < 4.78 is 25.6. The molecule has 0 unspecified atom stereocenters. The van der Waals surface area contributed by atoms with Gasteiger partial charge < -0.3 is 24.8 Å². The van der Waals surface area contributed by atoms with E-state index in [9.17, 15) is 19.1 Å². The van der Waals surface area contributed by atoms with Crippen molar-refractivity contribution in [2.45, 2.75) is 30.9 Å². The van der Waals surface area contributed by atoms with Gasteiger partial charge in [-0.2, -0.15) is 14.2 Å². The van der Waals surface area contributed by atoms with Crippen molar-refractivity contribution >= 4 is 17.6 Å². The van der Waals surface area contributed by atoms with Crippen molar-refractivity contribution in [3.63, 3.8) is 0 Å². The summed E-state index contributed by atoms with van der Waals surface area (Å²) in [6, 6.07) is 8.11. The zero-order valence-corrected chi connectivity index (χ0v) is 20.7. The Morgan fingerprint density at radius 2 is 2.11 bits per heavy atom. The molecular formula is C27H26FN5O5. The zero-order valence-electron chi connectivity index (χ0n) is 20.7. The fourth-order valence-corrected chi connectivity index (χ4v) is 4.24. The Hall–Kier alpha value is -4.27. The number of benzene rings is 1. The standard InChI is InChI=1S/C27H26FN5O5/c1-32-22-14-18(7-8-27(36)9-11-37-12-10-27)5-6-23(22)38-17-21(25(32)34)31-26(35)33-16-19(15-29-33)13-20-3-2-4-24(28)30-20/h2-6,14-16,21,36H,9-13,17H2,1H3,(H,31,35)/t21-/m0/s1. The van der Waals surface area contributed by atoms with Crippen molar-refractivity contribution in [2.24, 2.45) is 0 Å². The third-order valence-electron chi connectivity index (χ3n) is 6.41. The van der Waals surface area contributed by atoms with Gasteiger partial charge in [-0.1, -0.05) is 17.9 Å². The van der Waals surface area contributed by atoms with Gasteiger partial charge in [-0.3, -0.25) is 4.79 Å². The minimum atomic E-state index is -1.10. The molecule has 2 aromatic heterocycles. The van der Waals surface area contributed by atoms with E-state index in [0.29, 0.717) is 60.7 Å². The smallest absolute Gasteiger partial charge is 0.342 e. The molecule has 1 atom stereocenters. The number of aromatic nitrogens is 3. The topological polar surface area (TPSA) is 119 Å². The molecule has 196 valence electrons. The number of halogens is 1. The first kappa shape index (κ1) is 25.4. The van der Waals surface area contributed by atoms with E-state index in [2.05, 4.69) is 27.2 Å². The lowest BCUT2D eigenvalue weighted by atomic mass is 9.95. The minimum Gasteiger partial charge on any atom is -0.489 e. The average molecular weight is 520 g/mol. The number of ether oxygens (including phenoxy) is 2. The normalized spacial score (nSPS) is 18.4. The number of nitrogens with zero attached hydrogens (tertiary/aromatic N) is 4. The summed E-state index contributed by atoms with van der Waals surface area (Å²) >= 11 is 0. The van der Waals surface area contributed by atoms with Crippen LogP contribution in [0.3, 0.4) is 0 Å². The van der Waals surface area contributed by atoms with Crippen molar-refractivity contribution in [3.05, 3.63) is 71.6 Å². The van der Waals surface area contributed by atoms with E-state index in [1.54, 1.807) is 37.4 Å². The third kappa shape index (κ3) is 5.66. The molecule has 11 heteroatoms. The number of hydrogen-bond acceptors (Lipinski definition) is 7. The molecule has 1 fully saturated rings. The number of carbonyl (C=O) groups excluding carboxylic acids is 2. The lowest BCUT2D eigenvalue weighted by Crippen LogP contribution is -2.50. The van der Waals surface area contributed by atoms with Crippen LogP contribution < -0.4 is 15.0 Å². The molecule has 5 rings (SSSR count). The fourth-order valence-electron chi connectivity index (χ4n) is 4.24. The lowest BCUT2D eigenvalue weighted by Gasteiger charge is -2.26. The number of rotatable bonds is 3. The van der Waals surface area contributed by atoms with Crippen LogP contribution in [-0.2, 0) is 16.0 Å². The first-order valence-electron chi connectivity index (χ1n) is 12.1. The average Bonchev–Trinajstić information content (AvgIpc) is 3.34. The molecular weight excluding hydrogens is 493 g/mol. The number of carbonyl (C=O) groups is 2. The van der Waals surface area contributed by atoms with E-state index in [-0.39, 0.29) is 12.5 Å². The number of fused-ring (bicyclic) bond motifs is 1. The van der Waals surface area contributed by atoms with Gasteiger partial charge in [0.2, 0.25) is 5.95 Å². The summed E-state index contributed by atoms with van der Waals surface area (Å²) in [6.45, 7) is 0.837. The SMILES string of the molecule is CN1C(=O)[C@@H](NC(=O)n2cc(Cc3cccc(F)n3)cn2)COc2ccc(C#CC3(O)CCOCC3)cc21. The van der Waals surface area contributed by atoms with Gasteiger partial charge in [0.25, 0.3) is 5.91 Å². The summed E-state index contributed by atoms with van der Waals surface area (Å²) in [6.07, 6.45) is 4.16. The second kappa shape index (κ2) is 10.6. The fraction of sp³-hybridized carbons (Fsp3) is 0.333. The summed E-state index contributed by atoms with van der Waals surface area (Å²) in [5, 5.41) is 17.3. The highest BCUT2D eigenvalue weighted by atomic mass is 19.1. The molecule has 2 aliphatic rings. The van der Waals surface area contributed by atoms with Crippen LogP contribution in [0.1, 0.15) is 29.7 Å². The van der Waals surface area contributed by atoms with Crippen LogP contribution in [0.2, 0.25) is 0 Å². The maximum absolute atomic E-state index is 13.4. The quantitative estimate of drug-likeness (QED) is 0.401. The highest BCUT2D eigenvalue weighted by Crippen LogP contribution is 2.31. The van der Waals surface area contributed by atoms with Crippen LogP contribution in [0, 0.1) is 17.8 Å². The maximum Gasteiger partial charge on any atom is 0.342 e. The highest BCUT2D eigenvalue weighted by molar-refractivity contribution is 6.00. The van der Waals surface area contributed by atoms with Gasteiger partial charge in [-0.25, -0.2) is 9.78 Å². The highest BCUT2D eigenvalue weighted by Gasteiger charge is 2.31. The summed E-state index contributed by atoms with van der Waals surface area (Å²) in [4.78, 5) is 31.2. The molecule has 0 spiro atoms. The van der Waals surface area contributed by atoms with E-state index >= 15 is 0 Å². The van der Waals surface area contributed by atoms with Gasteiger partial charge in [0.15, 0.2) is 0 Å². The van der Waals surface area contributed by atoms with Crippen molar-refractivity contribution in [2.75, 3.05) is 31.8 Å². The number of amides is 2. The minimum absolute atomic E-state index is 0.0754. The van der Waals surface area contributed by atoms with Gasteiger partial charge in [0.1, 0.15) is 24.0 Å². The second-order valence-electron chi connectivity index (χ2n) is 9.21. The molecule has 4 heterocycles. The van der Waals surface area contributed by atoms with E-state index in [1.165, 1.54) is 23.4 Å². The van der Waals surface area contributed by atoms with Crippen molar-refractivity contribution in [1.82, 2.24) is 20.1 Å². The van der Waals surface area contributed by atoms with E-state index < -0.39 is 23.6 Å². The lowest BCUT2D eigenvalue weighted by molar-refractivity contribution is -0.120. The number of nitrogens with one attached hydrogen (secondary N) is 1. The van der Waals surface area contributed by atoms with E-state index in [0.717, 1.165) is 4.68 Å². The molecule has 2 amide bonds.